The van der Waals surface area contributed by atoms with E-state index >= 15 is 0 Å². The Balaban J connectivity index is 1.96. The molecule has 0 aromatic rings. The number of hydrogen-bond donors (Lipinski definition) is 2. The number of rotatable bonds is 6. The lowest BCUT2D eigenvalue weighted by atomic mass is 9.35. The number of ether oxygens (including phenoxy) is 3. The number of ketones is 1. The van der Waals surface area contributed by atoms with Crippen molar-refractivity contribution < 1.29 is 43.6 Å². The number of aliphatic hydroxyl groups excluding tert-OH is 2. The molecule has 0 radical (unpaired) electrons. The molecule has 0 aromatic heterocycles. The van der Waals surface area contributed by atoms with Crippen LogP contribution in [0.3, 0.4) is 0 Å². The number of fused-ring (bicyclic) bond motifs is 5. The quantitative estimate of drug-likeness (QED) is 0.195. The van der Waals surface area contributed by atoms with Gasteiger partial charge in [-0.3, -0.25) is 14.4 Å². The maximum atomic E-state index is 14.5. The zero-order valence-electron chi connectivity index (χ0n) is 27.2. The maximum absolute atomic E-state index is 14.5. The summed E-state index contributed by atoms with van der Waals surface area (Å²) in [5, 5.41) is 23.3. The summed E-state index contributed by atoms with van der Waals surface area (Å²) in [5.41, 5.74) is -0.508. The fourth-order valence-corrected chi connectivity index (χ4v) is 9.99. The summed E-state index contributed by atoms with van der Waals surface area (Å²) in [6, 6.07) is 0. The first-order valence-electron chi connectivity index (χ1n) is 15.6. The van der Waals surface area contributed by atoms with Crippen molar-refractivity contribution in [2.75, 3.05) is 7.11 Å². The first-order valence-corrected chi connectivity index (χ1v) is 15.6. The Morgan fingerprint density at radius 2 is 1.65 bits per heavy atom. The molecule has 0 aliphatic heterocycles. The second kappa shape index (κ2) is 11.8. The average Bonchev–Trinajstić information content (AvgIpc) is 3.17. The Morgan fingerprint density at radius 1 is 1.02 bits per heavy atom. The zero-order chi connectivity index (χ0) is 32.2. The van der Waals surface area contributed by atoms with Crippen molar-refractivity contribution in [3.63, 3.8) is 0 Å². The van der Waals surface area contributed by atoms with E-state index in [0.717, 1.165) is 5.57 Å². The van der Waals surface area contributed by atoms with Crippen molar-refractivity contribution in [2.24, 2.45) is 39.9 Å². The number of methoxy groups -OCH3 is 1. The van der Waals surface area contributed by atoms with Gasteiger partial charge in [-0.25, -0.2) is 4.79 Å². The minimum Gasteiger partial charge on any atom is -0.466 e. The van der Waals surface area contributed by atoms with Gasteiger partial charge in [0.1, 0.15) is 18.0 Å². The van der Waals surface area contributed by atoms with E-state index in [2.05, 4.69) is 0 Å². The molecule has 0 aromatic carbocycles. The first-order chi connectivity index (χ1) is 19.9. The van der Waals surface area contributed by atoms with Gasteiger partial charge >= 0.3 is 17.9 Å². The number of aliphatic hydroxyl groups is 2. The third kappa shape index (κ3) is 5.18. The van der Waals surface area contributed by atoms with E-state index in [9.17, 15) is 29.4 Å². The Bertz CT molecular complexity index is 1230. The topological polar surface area (TPSA) is 136 Å². The lowest BCUT2D eigenvalue weighted by Crippen LogP contribution is -2.74. The number of esters is 3. The van der Waals surface area contributed by atoms with Crippen LogP contribution in [0.1, 0.15) is 93.9 Å². The molecule has 4 aliphatic rings. The van der Waals surface area contributed by atoms with Crippen LogP contribution in [0, 0.1) is 39.9 Å². The normalized spacial score (nSPS) is 43.0. The second-order valence-electron chi connectivity index (χ2n) is 14.4. The molecule has 0 heterocycles. The third-order valence-corrected chi connectivity index (χ3v) is 11.8. The van der Waals surface area contributed by atoms with Crippen LogP contribution in [-0.4, -0.2) is 65.4 Å². The van der Waals surface area contributed by atoms with Gasteiger partial charge in [0, 0.05) is 43.1 Å². The molecule has 4 rings (SSSR count). The van der Waals surface area contributed by atoms with E-state index < -0.39 is 76.3 Å². The van der Waals surface area contributed by atoms with Crippen LogP contribution in [-0.2, 0) is 33.4 Å². The fourth-order valence-electron chi connectivity index (χ4n) is 9.99. The summed E-state index contributed by atoms with van der Waals surface area (Å²) in [4.78, 5) is 52.7. The van der Waals surface area contributed by atoms with Crippen LogP contribution in [0.5, 0.6) is 0 Å². The number of hydrogen-bond acceptors (Lipinski definition) is 9. The van der Waals surface area contributed by atoms with Crippen molar-refractivity contribution in [2.45, 2.75) is 118 Å². The number of allylic oxidation sites excluding steroid dienone is 2. The zero-order valence-corrected chi connectivity index (χ0v) is 27.2. The molecule has 4 aliphatic carbocycles. The molecule has 4 saturated carbocycles. The molecule has 0 saturated heterocycles. The van der Waals surface area contributed by atoms with Gasteiger partial charge in [-0.2, -0.15) is 0 Å². The summed E-state index contributed by atoms with van der Waals surface area (Å²) in [5.74, 6) is -3.46. The van der Waals surface area contributed by atoms with Crippen molar-refractivity contribution >= 4 is 23.7 Å². The van der Waals surface area contributed by atoms with Crippen LogP contribution < -0.4 is 0 Å². The lowest BCUT2D eigenvalue weighted by molar-refractivity contribution is -0.277. The highest BCUT2D eigenvalue weighted by molar-refractivity contribution is 5.91. The monoisotopic (exact) mass is 602 g/mol. The lowest BCUT2D eigenvalue weighted by Gasteiger charge is -2.69. The molecule has 240 valence electrons. The molecule has 9 heteroatoms. The van der Waals surface area contributed by atoms with Crippen molar-refractivity contribution in [3.05, 3.63) is 22.8 Å². The molecule has 0 amide bonds. The van der Waals surface area contributed by atoms with Crippen LogP contribution >= 0.6 is 0 Å². The molecule has 43 heavy (non-hydrogen) atoms. The van der Waals surface area contributed by atoms with E-state index in [1.807, 2.05) is 47.6 Å². The van der Waals surface area contributed by atoms with Gasteiger partial charge in [-0.1, -0.05) is 39.3 Å². The van der Waals surface area contributed by atoms with Gasteiger partial charge in [0.05, 0.1) is 19.3 Å². The molecular weight excluding hydrogens is 552 g/mol. The maximum Gasteiger partial charge on any atom is 0.333 e. The molecule has 11 unspecified atom stereocenters. The van der Waals surface area contributed by atoms with Crippen molar-refractivity contribution in [1.82, 2.24) is 0 Å². The van der Waals surface area contributed by atoms with Crippen LogP contribution in [0.4, 0.5) is 0 Å². The average molecular weight is 603 g/mol. The van der Waals surface area contributed by atoms with E-state index in [1.165, 1.54) is 21.0 Å². The van der Waals surface area contributed by atoms with E-state index in [-0.39, 0.29) is 18.1 Å². The molecular formula is C34H50O9. The summed E-state index contributed by atoms with van der Waals surface area (Å²) < 4.78 is 17.0. The summed E-state index contributed by atoms with van der Waals surface area (Å²) in [6.45, 7) is 14.5. The van der Waals surface area contributed by atoms with E-state index in [1.54, 1.807) is 0 Å². The Labute approximate surface area is 255 Å². The number of carbonyl (C=O) groups is 4. The highest BCUT2D eigenvalue weighted by Gasteiger charge is 2.76. The van der Waals surface area contributed by atoms with Gasteiger partial charge in [0.15, 0.2) is 0 Å². The van der Waals surface area contributed by atoms with Crippen LogP contribution in [0.2, 0.25) is 0 Å². The fraction of sp³-hybridized carbons (Fsp3) is 0.765. The summed E-state index contributed by atoms with van der Waals surface area (Å²) >= 11 is 0. The Hall–Kier alpha value is -2.52. The van der Waals surface area contributed by atoms with Gasteiger partial charge in [0.2, 0.25) is 0 Å². The second-order valence-corrected chi connectivity index (χ2v) is 14.4. The van der Waals surface area contributed by atoms with Crippen molar-refractivity contribution in [1.29, 1.82) is 0 Å². The predicted octanol–water partition coefficient (Wildman–Crippen LogP) is 4.48. The van der Waals surface area contributed by atoms with Crippen LogP contribution in [0.15, 0.2) is 22.8 Å². The number of Topliss-reactive ketones (excluding diaryl/α,β-unsaturated/α-hetero) is 1. The van der Waals surface area contributed by atoms with Crippen LogP contribution in [0.25, 0.3) is 0 Å². The standard InChI is InChI=1S/C34H50O9/c1-17(2)11-10-12-21(31(40)41-9)26-22-15-24(38)29-32(6)14-13-23(37)18(3)27(32)28(43-20(5)36)30(39)34(29,8)33(22,7)16-25(26)42-19(4)35/h11,18,22-23,25,27-30,37,39H,10,12-16H2,1-9H3. The van der Waals surface area contributed by atoms with Crippen molar-refractivity contribution in [3.8, 4) is 0 Å². The first kappa shape index (κ1) is 33.4. The molecule has 0 bridgehead atoms. The molecule has 0 spiro atoms. The van der Waals surface area contributed by atoms with Gasteiger partial charge in [-0.05, 0) is 74.2 Å². The highest BCUT2D eigenvalue weighted by Crippen LogP contribution is 2.74. The van der Waals surface area contributed by atoms with E-state index in [4.69, 9.17) is 14.2 Å². The third-order valence-electron chi connectivity index (χ3n) is 11.8. The minimum atomic E-state index is -1.24. The molecule has 2 N–H and O–H groups in total. The van der Waals surface area contributed by atoms with Gasteiger partial charge in [0.25, 0.3) is 0 Å². The molecule has 9 nitrogen and oxygen atoms in total. The summed E-state index contributed by atoms with van der Waals surface area (Å²) in [6.07, 6.45) is 0.759. The molecule has 4 fully saturated rings. The Kier molecular flexibility index (Phi) is 9.13. The predicted molar refractivity (Wildman–Crippen MR) is 158 cm³/mol. The number of carbonyl (C=O) groups excluding carboxylic acids is 4. The Morgan fingerprint density at radius 3 is 2.21 bits per heavy atom. The SMILES string of the molecule is COC(=O)C(CCC=C(C)C)=C1C(OC(C)=O)CC2(C)C1CC(=O)C1C3(C)CCC(O)C(C)C3C(OC(C)=O)C(O)C12C. The largest absolute Gasteiger partial charge is 0.466 e. The minimum absolute atomic E-state index is 0.0316. The summed E-state index contributed by atoms with van der Waals surface area (Å²) in [7, 11) is 1.32. The highest BCUT2D eigenvalue weighted by atomic mass is 16.6. The molecule has 11 atom stereocenters. The van der Waals surface area contributed by atoms with Gasteiger partial charge in [-0.15, -0.1) is 0 Å². The van der Waals surface area contributed by atoms with E-state index in [0.29, 0.717) is 43.3 Å². The smallest absolute Gasteiger partial charge is 0.333 e. The van der Waals surface area contributed by atoms with Gasteiger partial charge < -0.3 is 24.4 Å².